The molecule has 8 nitrogen and oxygen atoms in total. The van der Waals surface area contributed by atoms with Crippen LogP contribution in [0.2, 0.25) is 0 Å². The molecule has 2 heterocycles. The molecule has 1 aromatic heterocycles. The number of nitrogens with one attached hydrogen (secondary N) is 1. The molecule has 3 unspecified atom stereocenters. The number of nitrogens with zero attached hydrogens (tertiary/aromatic N) is 1. The number of nitrogens with two attached hydrogens (primary N) is 3. The number of benzene rings is 3. The summed E-state index contributed by atoms with van der Waals surface area (Å²) in [6, 6.07) is 15.7. The van der Waals surface area contributed by atoms with Crippen molar-refractivity contribution in [2.24, 2.45) is 11.5 Å². The van der Waals surface area contributed by atoms with Crippen LogP contribution in [0.15, 0.2) is 67.3 Å². The normalized spacial score (nSPS) is 22.7. The number of fused-ring (bicyclic) bond motifs is 1. The van der Waals surface area contributed by atoms with Crippen molar-refractivity contribution in [3.63, 3.8) is 0 Å². The number of likely N-dealkylation sites (tertiary alicyclic amines) is 1. The standard InChI is InChI=1S/C30H29N5O3S/c1-2-22(36)35-13-5-8-19(15-35)34-29(38)27-24-23-20(11-12-21(31)26(23)39-27)30(33,28(37)25(24)32)18-10-9-16-6-3-4-7-17(16)14-18/h2-4,6-7,9-12,14,19,25H,1,5,8,13,15,31-33H2,(H,34,38). The largest absolute Gasteiger partial charge is 0.398 e. The van der Waals surface area contributed by atoms with Gasteiger partial charge in [-0.05, 0) is 52.9 Å². The van der Waals surface area contributed by atoms with Crippen molar-refractivity contribution in [3.8, 4) is 0 Å². The van der Waals surface area contributed by atoms with Gasteiger partial charge in [-0.2, -0.15) is 0 Å². The van der Waals surface area contributed by atoms with E-state index in [1.807, 2.05) is 42.5 Å². The number of thiophene rings is 1. The first-order valence-corrected chi connectivity index (χ1v) is 13.7. The maximum absolute atomic E-state index is 14.0. The zero-order chi connectivity index (χ0) is 27.5. The molecule has 1 aliphatic carbocycles. The number of ketones is 1. The molecule has 7 N–H and O–H groups in total. The van der Waals surface area contributed by atoms with Gasteiger partial charge in [0.25, 0.3) is 5.91 Å². The molecule has 0 radical (unpaired) electrons. The van der Waals surface area contributed by atoms with E-state index < -0.39 is 11.6 Å². The van der Waals surface area contributed by atoms with Gasteiger partial charge in [0.15, 0.2) is 5.78 Å². The Balaban J connectivity index is 1.45. The predicted octanol–water partition coefficient (Wildman–Crippen LogP) is 3.33. The summed E-state index contributed by atoms with van der Waals surface area (Å²) in [6.07, 6.45) is 2.78. The second-order valence-corrected chi connectivity index (χ2v) is 11.3. The van der Waals surface area contributed by atoms with Crippen LogP contribution in [0.3, 0.4) is 0 Å². The minimum absolute atomic E-state index is 0.163. The molecule has 1 fully saturated rings. The summed E-state index contributed by atoms with van der Waals surface area (Å²) in [4.78, 5) is 41.8. The van der Waals surface area contributed by atoms with E-state index in [1.165, 1.54) is 17.4 Å². The molecule has 3 atom stereocenters. The van der Waals surface area contributed by atoms with Crippen LogP contribution < -0.4 is 22.5 Å². The molecule has 2 aliphatic rings. The van der Waals surface area contributed by atoms with Gasteiger partial charge in [-0.3, -0.25) is 14.4 Å². The molecular weight excluding hydrogens is 510 g/mol. The Kier molecular flexibility index (Phi) is 6.02. The Hall–Kier alpha value is -4.05. The Morgan fingerprint density at radius 3 is 2.67 bits per heavy atom. The number of nitrogen functional groups attached to an aromatic ring is 1. The molecule has 0 bridgehead atoms. The van der Waals surface area contributed by atoms with Gasteiger partial charge in [-0.15, -0.1) is 11.3 Å². The van der Waals surface area contributed by atoms with Crippen molar-refractivity contribution in [2.75, 3.05) is 18.8 Å². The maximum Gasteiger partial charge on any atom is 0.262 e. The number of hydrogen-bond acceptors (Lipinski definition) is 7. The first-order chi connectivity index (χ1) is 18.7. The Morgan fingerprint density at radius 1 is 1.13 bits per heavy atom. The lowest BCUT2D eigenvalue weighted by molar-refractivity contribution is -0.127. The third kappa shape index (κ3) is 3.84. The fourth-order valence-electron chi connectivity index (χ4n) is 5.96. The quantitative estimate of drug-likeness (QED) is 0.231. The summed E-state index contributed by atoms with van der Waals surface area (Å²) in [5.41, 5.74) is 20.6. The summed E-state index contributed by atoms with van der Waals surface area (Å²) in [6.45, 7) is 4.57. The van der Waals surface area contributed by atoms with Crippen LogP contribution in [0.1, 0.15) is 45.2 Å². The van der Waals surface area contributed by atoms with Crippen molar-refractivity contribution in [3.05, 3.63) is 88.8 Å². The van der Waals surface area contributed by atoms with E-state index in [-0.39, 0.29) is 23.6 Å². The number of Topliss-reactive ketones (excluding diaryl/α,β-unsaturated/α-hetero) is 1. The molecule has 198 valence electrons. The van der Waals surface area contributed by atoms with Crippen LogP contribution in [0.4, 0.5) is 5.69 Å². The van der Waals surface area contributed by atoms with Crippen molar-refractivity contribution >= 4 is 55.5 Å². The van der Waals surface area contributed by atoms with Crippen molar-refractivity contribution in [2.45, 2.75) is 30.5 Å². The molecule has 9 heteroatoms. The molecule has 39 heavy (non-hydrogen) atoms. The first-order valence-electron chi connectivity index (χ1n) is 12.9. The Bertz CT molecular complexity index is 1690. The van der Waals surface area contributed by atoms with Gasteiger partial charge in [0.2, 0.25) is 5.91 Å². The van der Waals surface area contributed by atoms with E-state index >= 15 is 0 Å². The minimum atomic E-state index is -1.51. The van der Waals surface area contributed by atoms with E-state index in [4.69, 9.17) is 17.2 Å². The van der Waals surface area contributed by atoms with Crippen LogP contribution in [0, 0.1) is 0 Å². The van der Waals surface area contributed by atoms with Crippen LogP contribution in [0.25, 0.3) is 20.9 Å². The number of rotatable bonds is 4. The molecule has 2 amide bonds. The van der Waals surface area contributed by atoms with Crippen LogP contribution in [-0.2, 0) is 15.1 Å². The van der Waals surface area contributed by atoms with Crippen molar-refractivity contribution in [1.29, 1.82) is 0 Å². The highest BCUT2D eigenvalue weighted by atomic mass is 32.1. The third-order valence-electron chi connectivity index (χ3n) is 7.97. The summed E-state index contributed by atoms with van der Waals surface area (Å²) in [5, 5.41) is 5.71. The van der Waals surface area contributed by atoms with Gasteiger partial charge in [-0.25, -0.2) is 0 Å². The molecular formula is C30H29N5O3S. The zero-order valence-electron chi connectivity index (χ0n) is 21.3. The van der Waals surface area contributed by atoms with Gasteiger partial charge < -0.3 is 27.4 Å². The number of anilines is 1. The Labute approximate surface area is 229 Å². The van der Waals surface area contributed by atoms with E-state index in [0.717, 1.165) is 23.6 Å². The average molecular weight is 540 g/mol. The average Bonchev–Trinajstić information content (AvgIpc) is 3.37. The molecule has 3 aromatic carbocycles. The second-order valence-electron chi connectivity index (χ2n) is 10.3. The van der Waals surface area contributed by atoms with Gasteiger partial charge >= 0.3 is 0 Å². The number of carbonyl (C=O) groups is 3. The SMILES string of the molecule is C=CC(=O)N1CCCC(NC(=O)c2sc3c(N)ccc4c3c2C(N)C(=O)C4(N)c2ccc3ccccc3c2)C1. The van der Waals surface area contributed by atoms with Crippen LogP contribution in [0.5, 0.6) is 0 Å². The molecule has 1 aliphatic heterocycles. The molecule has 0 saturated carbocycles. The molecule has 4 aromatic rings. The van der Waals surface area contributed by atoms with Crippen LogP contribution >= 0.6 is 11.3 Å². The second kappa shape index (κ2) is 9.30. The minimum Gasteiger partial charge on any atom is -0.398 e. The lowest BCUT2D eigenvalue weighted by Crippen LogP contribution is -2.53. The lowest BCUT2D eigenvalue weighted by Gasteiger charge is -2.37. The fourth-order valence-corrected chi connectivity index (χ4v) is 7.16. The van der Waals surface area contributed by atoms with Gasteiger partial charge in [0.05, 0.1) is 15.6 Å². The van der Waals surface area contributed by atoms with Gasteiger partial charge in [0, 0.05) is 35.8 Å². The number of carbonyl (C=O) groups excluding carboxylic acids is 3. The van der Waals surface area contributed by atoms with Gasteiger partial charge in [-0.1, -0.05) is 49.0 Å². The molecule has 1 saturated heterocycles. The van der Waals surface area contributed by atoms with E-state index in [1.54, 1.807) is 17.0 Å². The third-order valence-corrected chi connectivity index (χ3v) is 9.22. The number of piperidine rings is 1. The van der Waals surface area contributed by atoms with E-state index in [2.05, 4.69) is 11.9 Å². The highest BCUT2D eigenvalue weighted by molar-refractivity contribution is 7.21. The van der Waals surface area contributed by atoms with E-state index in [9.17, 15) is 14.4 Å². The molecule has 0 spiro atoms. The smallest absolute Gasteiger partial charge is 0.262 e. The summed E-state index contributed by atoms with van der Waals surface area (Å²) >= 11 is 1.22. The summed E-state index contributed by atoms with van der Waals surface area (Å²) < 4.78 is 0.679. The fraction of sp³-hybridized carbons (Fsp3) is 0.233. The highest BCUT2D eigenvalue weighted by Crippen LogP contribution is 2.49. The summed E-state index contributed by atoms with van der Waals surface area (Å²) in [7, 11) is 0. The van der Waals surface area contributed by atoms with Crippen molar-refractivity contribution in [1.82, 2.24) is 10.2 Å². The van der Waals surface area contributed by atoms with E-state index in [0.29, 0.717) is 50.4 Å². The highest BCUT2D eigenvalue weighted by Gasteiger charge is 2.49. The maximum atomic E-state index is 14.0. The van der Waals surface area contributed by atoms with Crippen LogP contribution in [-0.4, -0.2) is 41.6 Å². The summed E-state index contributed by atoms with van der Waals surface area (Å²) in [5.74, 6) is -0.888. The zero-order valence-corrected chi connectivity index (χ0v) is 22.1. The Morgan fingerprint density at radius 2 is 1.90 bits per heavy atom. The first kappa shape index (κ1) is 25.2. The number of hydrogen-bond donors (Lipinski definition) is 4. The predicted molar refractivity (Wildman–Crippen MR) is 154 cm³/mol. The topological polar surface area (TPSA) is 145 Å². The van der Waals surface area contributed by atoms with Crippen molar-refractivity contribution < 1.29 is 14.4 Å². The van der Waals surface area contributed by atoms with Gasteiger partial charge in [0.1, 0.15) is 5.54 Å². The molecule has 6 rings (SSSR count). The lowest BCUT2D eigenvalue weighted by atomic mass is 9.70. The number of amides is 2. The monoisotopic (exact) mass is 539 g/mol.